The maximum Gasteiger partial charge on any atom is 0.123 e. The number of methoxy groups -OCH3 is 1. The number of hydrogen-bond donors (Lipinski definition) is 2. The van der Waals surface area contributed by atoms with Crippen LogP contribution in [-0.4, -0.2) is 19.7 Å². The fraction of sp³-hybridized carbons (Fsp3) is 0.429. The van der Waals surface area contributed by atoms with Crippen molar-refractivity contribution in [3.05, 3.63) is 65.7 Å². The molecule has 0 aromatic heterocycles. The van der Waals surface area contributed by atoms with Gasteiger partial charge in [-0.1, -0.05) is 48.5 Å². The lowest BCUT2D eigenvalue weighted by atomic mass is 9.95. The molecule has 1 saturated heterocycles. The number of fused-ring (bicyclic) bond motifs is 1. The zero-order chi connectivity index (χ0) is 16.4. The largest absolute Gasteiger partial charge is 0.496 e. The Morgan fingerprint density at radius 1 is 1.00 bits per heavy atom. The van der Waals surface area contributed by atoms with E-state index in [1.165, 1.54) is 24.0 Å². The summed E-state index contributed by atoms with van der Waals surface area (Å²) in [5, 5.41) is 7.63. The van der Waals surface area contributed by atoms with E-state index in [2.05, 4.69) is 53.1 Å². The van der Waals surface area contributed by atoms with Crippen molar-refractivity contribution in [1.29, 1.82) is 0 Å². The smallest absolute Gasteiger partial charge is 0.123 e. The van der Waals surface area contributed by atoms with Gasteiger partial charge in [0.1, 0.15) is 5.75 Å². The van der Waals surface area contributed by atoms with E-state index in [9.17, 15) is 0 Å². The van der Waals surface area contributed by atoms with Crippen LogP contribution in [0.3, 0.4) is 0 Å². The second kappa shape index (κ2) is 6.96. The van der Waals surface area contributed by atoms with Gasteiger partial charge in [-0.2, -0.15) is 0 Å². The molecule has 3 nitrogen and oxygen atoms in total. The fourth-order valence-electron chi connectivity index (χ4n) is 4.03. The lowest BCUT2D eigenvalue weighted by Crippen LogP contribution is -2.41. The molecule has 4 rings (SSSR count). The van der Waals surface area contributed by atoms with Gasteiger partial charge in [0.05, 0.1) is 7.11 Å². The zero-order valence-corrected chi connectivity index (χ0v) is 14.2. The molecule has 4 unspecified atom stereocenters. The summed E-state index contributed by atoms with van der Waals surface area (Å²) in [4.78, 5) is 0. The normalized spacial score (nSPS) is 28.7. The molecule has 1 heterocycles. The monoisotopic (exact) mass is 322 g/mol. The van der Waals surface area contributed by atoms with Crippen molar-refractivity contribution in [2.45, 2.75) is 31.5 Å². The zero-order valence-electron chi connectivity index (χ0n) is 14.2. The summed E-state index contributed by atoms with van der Waals surface area (Å²) in [6.45, 7) is 1.99. The minimum Gasteiger partial charge on any atom is -0.496 e. The van der Waals surface area contributed by atoms with Gasteiger partial charge >= 0.3 is 0 Å². The maximum atomic E-state index is 5.50. The van der Waals surface area contributed by atoms with Crippen molar-refractivity contribution in [1.82, 2.24) is 10.6 Å². The number of nitrogens with one attached hydrogen (secondary N) is 2. The van der Waals surface area contributed by atoms with E-state index in [1.54, 1.807) is 7.11 Å². The quantitative estimate of drug-likeness (QED) is 0.883. The maximum absolute atomic E-state index is 5.50. The van der Waals surface area contributed by atoms with E-state index in [0.717, 1.165) is 30.7 Å². The van der Waals surface area contributed by atoms with Gasteiger partial charge in [-0.05, 0) is 42.9 Å². The van der Waals surface area contributed by atoms with Crippen LogP contribution in [0.5, 0.6) is 5.75 Å². The minimum absolute atomic E-state index is 0.383. The molecular weight excluding hydrogens is 296 g/mol. The lowest BCUT2D eigenvalue weighted by molar-refractivity contribution is 0.360. The third-order valence-electron chi connectivity index (χ3n) is 5.53. The first-order chi connectivity index (χ1) is 11.8. The minimum atomic E-state index is 0.383. The number of benzene rings is 2. The molecule has 1 saturated carbocycles. The third kappa shape index (κ3) is 3.33. The third-order valence-corrected chi connectivity index (χ3v) is 5.53. The van der Waals surface area contributed by atoms with Crippen LogP contribution >= 0.6 is 0 Å². The summed E-state index contributed by atoms with van der Waals surface area (Å²) in [5.74, 6) is 2.74. The molecule has 1 aliphatic carbocycles. The molecule has 0 bridgehead atoms. The highest BCUT2D eigenvalue weighted by molar-refractivity contribution is 5.33. The van der Waals surface area contributed by atoms with E-state index in [0.29, 0.717) is 12.1 Å². The summed E-state index contributed by atoms with van der Waals surface area (Å²) >= 11 is 0. The highest BCUT2D eigenvalue weighted by Crippen LogP contribution is 2.45. The number of para-hydroxylation sites is 1. The van der Waals surface area contributed by atoms with Crippen LogP contribution in [0.4, 0.5) is 0 Å². The first kappa shape index (κ1) is 15.7. The number of hydrogen-bond acceptors (Lipinski definition) is 3. The molecule has 2 aromatic carbocycles. The van der Waals surface area contributed by atoms with E-state index < -0.39 is 0 Å². The van der Waals surface area contributed by atoms with Crippen LogP contribution in [0, 0.1) is 11.8 Å². The van der Waals surface area contributed by atoms with Gasteiger partial charge in [-0.15, -0.1) is 0 Å². The van der Waals surface area contributed by atoms with E-state index >= 15 is 0 Å². The molecule has 0 amide bonds. The van der Waals surface area contributed by atoms with E-state index in [1.807, 2.05) is 12.1 Å². The summed E-state index contributed by atoms with van der Waals surface area (Å²) < 4.78 is 5.50. The Bertz CT molecular complexity index is 673. The summed E-state index contributed by atoms with van der Waals surface area (Å²) in [6.07, 6.45) is 2.65. The Balaban J connectivity index is 1.51. The van der Waals surface area contributed by atoms with Crippen LogP contribution in [0.1, 0.15) is 30.0 Å². The van der Waals surface area contributed by atoms with Gasteiger partial charge in [-0.3, -0.25) is 0 Å². The Morgan fingerprint density at radius 3 is 2.62 bits per heavy atom. The SMILES string of the molecule is COc1ccccc1CNC1CC2CC2CNC1c1ccccc1. The Kier molecular flexibility index (Phi) is 4.54. The molecule has 126 valence electrons. The molecule has 2 aliphatic rings. The number of ether oxygens (including phenoxy) is 1. The highest BCUT2D eigenvalue weighted by atomic mass is 16.5. The van der Waals surface area contributed by atoms with Crippen molar-refractivity contribution in [2.75, 3.05) is 13.7 Å². The topological polar surface area (TPSA) is 33.3 Å². The molecule has 2 aromatic rings. The first-order valence-corrected chi connectivity index (χ1v) is 8.99. The van der Waals surface area contributed by atoms with Crippen LogP contribution in [0.2, 0.25) is 0 Å². The predicted octanol–water partition coefficient (Wildman–Crippen LogP) is 3.52. The first-order valence-electron chi connectivity index (χ1n) is 8.99. The van der Waals surface area contributed by atoms with Crippen LogP contribution < -0.4 is 15.4 Å². The molecule has 0 radical (unpaired) electrons. The summed E-state index contributed by atoms with van der Waals surface area (Å²) in [5.41, 5.74) is 2.61. The molecule has 0 spiro atoms. The van der Waals surface area contributed by atoms with Gasteiger partial charge in [-0.25, -0.2) is 0 Å². The summed E-state index contributed by atoms with van der Waals surface area (Å²) in [6, 6.07) is 20.0. The van der Waals surface area contributed by atoms with Crippen LogP contribution in [0.15, 0.2) is 54.6 Å². The van der Waals surface area contributed by atoms with Gasteiger partial charge < -0.3 is 15.4 Å². The second-order valence-electron chi connectivity index (χ2n) is 7.09. The Morgan fingerprint density at radius 2 is 1.79 bits per heavy atom. The van der Waals surface area contributed by atoms with Crippen molar-refractivity contribution in [2.24, 2.45) is 11.8 Å². The molecule has 2 fully saturated rings. The van der Waals surface area contributed by atoms with Crippen molar-refractivity contribution in [3.63, 3.8) is 0 Å². The summed E-state index contributed by atoms with van der Waals surface area (Å²) in [7, 11) is 1.74. The fourth-order valence-corrected chi connectivity index (χ4v) is 4.03. The Hall–Kier alpha value is -1.84. The van der Waals surface area contributed by atoms with Crippen LogP contribution in [0.25, 0.3) is 0 Å². The molecule has 3 heteroatoms. The van der Waals surface area contributed by atoms with E-state index in [-0.39, 0.29) is 0 Å². The van der Waals surface area contributed by atoms with Gasteiger partial charge in [0.15, 0.2) is 0 Å². The van der Waals surface area contributed by atoms with Crippen molar-refractivity contribution < 1.29 is 4.74 Å². The van der Waals surface area contributed by atoms with E-state index in [4.69, 9.17) is 4.74 Å². The van der Waals surface area contributed by atoms with Gasteiger partial charge in [0.25, 0.3) is 0 Å². The van der Waals surface area contributed by atoms with Crippen molar-refractivity contribution in [3.8, 4) is 5.75 Å². The standard InChI is InChI=1S/C21H26N2O/c1-24-20-10-6-5-9-16(20)13-22-19-12-17-11-18(17)14-23-21(19)15-7-3-2-4-8-15/h2-10,17-19,21-23H,11-14H2,1H3. The molecule has 24 heavy (non-hydrogen) atoms. The Labute approximate surface area is 144 Å². The van der Waals surface area contributed by atoms with Crippen LogP contribution in [-0.2, 0) is 6.54 Å². The lowest BCUT2D eigenvalue weighted by Gasteiger charge is -2.28. The number of rotatable bonds is 5. The average molecular weight is 322 g/mol. The van der Waals surface area contributed by atoms with Gasteiger partial charge in [0.2, 0.25) is 0 Å². The second-order valence-corrected chi connectivity index (χ2v) is 7.09. The molecular formula is C21H26N2O. The average Bonchev–Trinajstić information content (AvgIpc) is 3.39. The molecule has 1 aliphatic heterocycles. The molecule has 2 N–H and O–H groups in total. The van der Waals surface area contributed by atoms with Gasteiger partial charge in [0, 0.05) is 24.2 Å². The highest BCUT2D eigenvalue weighted by Gasteiger charge is 2.43. The molecule has 4 atom stereocenters. The van der Waals surface area contributed by atoms with Crippen molar-refractivity contribution >= 4 is 0 Å². The predicted molar refractivity (Wildman–Crippen MR) is 97.0 cm³/mol.